The number of rotatable bonds is 6. The molecular formula is C20H19NO5. The second-order valence-corrected chi connectivity index (χ2v) is 6.14. The first-order chi connectivity index (χ1) is 12.4. The van der Waals surface area contributed by atoms with Gasteiger partial charge in [0.15, 0.2) is 0 Å². The lowest BCUT2D eigenvalue weighted by Gasteiger charge is -2.11. The van der Waals surface area contributed by atoms with E-state index in [1.54, 1.807) is 24.3 Å². The Morgan fingerprint density at radius 1 is 1.04 bits per heavy atom. The van der Waals surface area contributed by atoms with Crippen molar-refractivity contribution in [3.63, 3.8) is 0 Å². The molecule has 0 aliphatic heterocycles. The molecule has 0 amide bonds. The van der Waals surface area contributed by atoms with Crippen LogP contribution < -0.4 is 0 Å². The van der Waals surface area contributed by atoms with Crippen molar-refractivity contribution in [2.24, 2.45) is 0 Å². The van der Waals surface area contributed by atoms with E-state index >= 15 is 0 Å². The number of nitrogens with zero attached hydrogens (tertiary/aromatic N) is 1. The number of aliphatic carboxylic acids is 1. The van der Waals surface area contributed by atoms with Gasteiger partial charge in [0, 0.05) is 23.1 Å². The van der Waals surface area contributed by atoms with E-state index in [2.05, 4.69) is 0 Å². The summed E-state index contributed by atoms with van der Waals surface area (Å²) >= 11 is 0. The van der Waals surface area contributed by atoms with E-state index in [-0.39, 0.29) is 17.7 Å². The van der Waals surface area contributed by atoms with E-state index in [4.69, 9.17) is 0 Å². The van der Waals surface area contributed by atoms with Crippen LogP contribution in [0.3, 0.4) is 0 Å². The molecule has 1 heterocycles. The molecule has 3 aromatic rings. The summed E-state index contributed by atoms with van der Waals surface area (Å²) in [5.41, 5.74) is 3.42. The fraction of sp³-hybridized carbons (Fsp3) is 0.200. The zero-order valence-electron chi connectivity index (χ0n) is 14.3. The van der Waals surface area contributed by atoms with Crippen LogP contribution in [0.5, 0.6) is 5.75 Å². The Labute approximate surface area is 149 Å². The zero-order chi connectivity index (χ0) is 18.8. The van der Waals surface area contributed by atoms with Gasteiger partial charge in [-0.2, -0.15) is 0 Å². The highest BCUT2D eigenvalue weighted by Crippen LogP contribution is 2.30. The van der Waals surface area contributed by atoms with Gasteiger partial charge in [-0.15, -0.1) is 0 Å². The highest BCUT2D eigenvalue weighted by atomic mass is 16.4. The minimum absolute atomic E-state index is 0.133. The van der Waals surface area contributed by atoms with Crippen LogP contribution in [0.25, 0.3) is 10.9 Å². The lowest BCUT2D eigenvalue weighted by atomic mass is 10.0. The van der Waals surface area contributed by atoms with Gasteiger partial charge in [0.05, 0.1) is 12.0 Å². The maximum atomic E-state index is 11.4. The number of carboxylic acids is 2. The van der Waals surface area contributed by atoms with E-state index < -0.39 is 11.9 Å². The maximum Gasteiger partial charge on any atom is 0.335 e. The molecule has 3 rings (SSSR count). The number of phenolic OH excluding ortho intramolecular Hbond substituents is 1. The number of hydrogen-bond acceptors (Lipinski definition) is 3. The number of aromatic hydroxyl groups is 1. The minimum Gasteiger partial charge on any atom is -0.508 e. The summed E-state index contributed by atoms with van der Waals surface area (Å²) in [4.78, 5) is 22.7. The van der Waals surface area contributed by atoms with Gasteiger partial charge in [0.1, 0.15) is 5.75 Å². The number of hydrogen-bond donors (Lipinski definition) is 3. The van der Waals surface area contributed by atoms with Crippen molar-refractivity contribution < 1.29 is 24.9 Å². The molecule has 0 unspecified atom stereocenters. The lowest BCUT2D eigenvalue weighted by molar-refractivity contribution is -0.136. The summed E-state index contributed by atoms with van der Waals surface area (Å²) in [6.45, 7) is 2.46. The molecule has 3 N–H and O–H groups in total. The van der Waals surface area contributed by atoms with Crippen molar-refractivity contribution in [1.29, 1.82) is 0 Å². The average molecular weight is 353 g/mol. The summed E-state index contributed by atoms with van der Waals surface area (Å²) in [7, 11) is 0. The number of carbonyl (C=O) groups is 2. The second-order valence-electron chi connectivity index (χ2n) is 6.14. The van der Waals surface area contributed by atoms with Crippen molar-refractivity contribution in [2.75, 3.05) is 0 Å². The van der Waals surface area contributed by atoms with Crippen molar-refractivity contribution >= 4 is 22.8 Å². The first-order valence-corrected chi connectivity index (χ1v) is 8.27. The predicted octanol–water partition coefficient (Wildman–Crippen LogP) is 3.28. The smallest absolute Gasteiger partial charge is 0.335 e. The molecule has 0 radical (unpaired) electrons. The lowest BCUT2D eigenvalue weighted by Crippen LogP contribution is -2.07. The van der Waals surface area contributed by atoms with Crippen molar-refractivity contribution in [3.05, 3.63) is 64.8 Å². The number of benzene rings is 2. The first kappa shape index (κ1) is 17.5. The van der Waals surface area contributed by atoms with Crippen molar-refractivity contribution in [1.82, 2.24) is 4.57 Å². The van der Waals surface area contributed by atoms with Crippen LogP contribution in [0.2, 0.25) is 0 Å². The number of aromatic carboxylic acids is 1. The first-order valence-electron chi connectivity index (χ1n) is 8.27. The van der Waals surface area contributed by atoms with E-state index in [9.17, 15) is 24.9 Å². The van der Waals surface area contributed by atoms with E-state index in [1.807, 2.05) is 23.6 Å². The fourth-order valence-corrected chi connectivity index (χ4v) is 3.33. The molecule has 0 aliphatic rings. The molecule has 0 bridgehead atoms. The number of carboxylic acid groups (broad SMARTS) is 2. The third kappa shape index (κ3) is 3.26. The van der Waals surface area contributed by atoms with Gasteiger partial charge in [-0.1, -0.05) is 19.1 Å². The van der Waals surface area contributed by atoms with Crippen LogP contribution in [0, 0.1) is 0 Å². The van der Waals surface area contributed by atoms with Gasteiger partial charge in [-0.25, -0.2) is 4.79 Å². The Kier molecular flexibility index (Phi) is 4.67. The van der Waals surface area contributed by atoms with Crippen LogP contribution in [0.1, 0.15) is 34.1 Å². The molecule has 1 aromatic heterocycles. The van der Waals surface area contributed by atoms with Gasteiger partial charge in [0.2, 0.25) is 0 Å². The summed E-state index contributed by atoms with van der Waals surface area (Å²) in [5.74, 6) is -1.82. The third-order valence-corrected chi connectivity index (χ3v) is 4.47. The summed E-state index contributed by atoms with van der Waals surface area (Å²) in [6, 6.07) is 11.6. The Balaban J connectivity index is 2.21. The molecule has 0 saturated heterocycles. The topological polar surface area (TPSA) is 99.8 Å². The van der Waals surface area contributed by atoms with Crippen LogP contribution in [-0.2, 0) is 24.2 Å². The van der Waals surface area contributed by atoms with Crippen molar-refractivity contribution in [3.8, 4) is 5.75 Å². The van der Waals surface area contributed by atoms with Gasteiger partial charge < -0.3 is 19.9 Å². The summed E-state index contributed by atoms with van der Waals surface area (Å²) in [6.07, 6.45) is 0.461. The van der Waals surface area contributed by atoms with Gasteiger partial charge in [-0.3, -0.25) is 4.79 Å². The standard InChI is InChI=1S/C20H19NO5/c1-2-17-16(10-19(23)24)15-9-13(20(25)26)5-8-18(15)21(17)11-12-3-6-14(22)7-4-12/h3-9,22H,2,10-11H2,1H3,(H,23,24)(H,25,26). The van der Waals surface area contributed by atoms with Crippen LogP contribution in [0.4, 0.5) is 0 Å². The van der Waals surface area contributed by atoms with E-state index in [0.717, 1.165) is 16.8 Å². The SMILES string of the molecule is CCc1c(CC(=O)O)c2cc(C(=O)O)ccc2n1Cc1ccc(O)cc1. The normalized spacial score (nSPS) is 11.0. The minimum atomic E-state index is -1.04. The van der Waals surface area contributed by atoms with Crippen LogP contribution >= 0.6 is 0 Å². The van der Waals surface area contributed by atoms with E-state index in [0.29, 0.717) is 23.9 Å². The monoisotopic (exact) mass is 353 g/mol. The van der Waals surface area contributed by atoms with Gasteiger partial charge >= 0.3 is 11.9 Å². The summed E-state index contributed by atoms with van der Waals surface area (Å²) < 4.78 is 2.02. The van der Waals surface area contributed by atoms with Gasteiger partial charge in [-0.05, 0) is 47.9 Å². The molecule has 26 heavy (non-hydrogen) atoms. The van der Waals surface area contributed by atoms with Crippen molar-refractivity contribution in [2.45, 2.75) is 26.3 Å². The number of fused-ring (bicyclic) bond motifs is 1. The molecule has 0 saturated carbocycles. The fourth-order valence-electron chi connectivity index (χ4n) is 3.33. The Morgan fingerprint density at radius 2 is 1.73 bits per heavy atom. The molecule has 6 nitrogen and oxygen atoms in total. The maximum absolute atomic E-state index is 11.4. The number of aromatic nitrogens is 1. The quantitative estimate of drug-likeness (QED) is 0.631. The van der Waals surface area contributed by atoms with E-state index in [1.165, 1.54) is 6.07 Å². The Hall–Kier alpha value is -3.28. The molecule has 0 spiro atoms. The predicted molar refractivity (Wildman–Crippen MR) is 96.8 cm³/mol. The zero-order valence-corrected chi connectivity index (χ0v) is 14.3. The molecule has 0 fully saturated rings. The molecule has 2 aromatic carbocycles. The summed E-state index contributed by atoms with van der Waals surface area (Å²) in [5, 5.41) is 28.7. The molecular weight excluding hydrogens is 334 g/mol. The largest absolute Gasteiger partial charge is 0.508 e. The van der Waals surface area contributed by atoms with Crippen LogP contribution in [-0.4, -0.2) is 31.8 Å². The highest BCUT2D eigenvalue weighted by Gasteiger charge is 2.19. The van der Waals surface area contributed by atoms with Gasteiger partial charge in [0.25, 0.3) is 0 Å². The third-order valence-electron chi connectivity index (χ3n) is 4.47. The number of phenols is 1. The van der Waals surface area contributed by atoms with Crippen LogP contribution in [0.15, 0.2) is 42.5 Å². The Morgan fingerprint density at radius 3 is 2.31 bits per heavy atom. The molecule has 0 aliphatic carbocycles. The molecule has 134 valence electrons. The second kappa shape index (κ2) is 6.92. The molecule has 6 heteroatoms. The average Bonchev–Trinajstić information content (AvgIpc) is 2.88. The highest BCUT2D eigenvalue weighted by molar-refractivity contribution is 5.96. The Bertz CT molecular complexity index is 986. The molecule has 0 atom stereocenters.